The third-order valence-electron chi connectivity index (χ3n) is 1.74. The first-order chi connectivity index (χ1) is 7.06. The highest BCUT2D eigenvalue weighted by Crippen LogP contribution is 2.26. The summed E-state index contributed by atoms with van der Waals surface area (Å²) in [5.74, 6) is -0.918. The second-order valence-electron chi connectivity index (χ2n) is 2.82. The van der Waals surface area contributed by atoms with Crippen molar-refractivity contribution < 1.29 is 14.6 Å². The number of carboxylic acid groups (broad SMARTS) is 1. The van der Waals surface area contributed by atoms with Crippen molar-refractivity contribution in [1.29, 1.82) is 5.26 Å². The fourth-order valence-electron chi connectivity index (χ4n) is 0.952. The van der Waals surface area contributed by atoms with Crippen LogP contribution in [0.4, 0.5) is 0 Å². The van der Waals surface area contributed by atoms with Gasteiger partial charge in [0, 0.05) is 0 Å². The van der Waals surface area contributed by atoms with Gasteiger partial charge in [0.1, 0.15) is 17.4 Å². The van der Waals surface area contributed by atoms with E-state index in [2.05, 4.69) is 0 Å². The van der Waals surface area contributed by atoms with Gasteiger partial charge in [0.15, 0.2) is 6.10 Å². The first-order valence-electron chi connectivity index (χ1n) is 4.14. The van der Waals surface area contributed by atoms with Crippen molar-refractivity contribution in [3.05, 3.63) is 28.8 Å². The summed E-state index contributed by atoms with van der Waals surface area (Å²) in [7, 11) is 0. The van der Waals surface area contributed by atoms with E-state index in [4.69, 9.17) is 26.7 Å². The lowest BCUT2D eigenvalue weighted by atomic mass is 10.2. The summed E-state index contributed by atoms with van der Waals surface area (Å²) in [5, 5.41) is 17.7. The third kappa shape index (κ3) is 2.61. The molecule has 0 radical (unpaired) electrons. The molecule has 1 aromatic carbocycles. The van der Waals surface area contributed by atoms with Gasteiger partial charge in [-0.15, -0.1) is 0 Å². The van der Waals surface area contributed by atoms with Crippen LogP contribution >= 0.6 is 11.6 Å². The van der Waals surface area contributed by atoms with Crippen LogP contribution < -0.4 is 4.74 Å². The van der Waals surface area contributed by atoms with Crippen LogP contribution in [0, 0.1) is 11.3 Å². The summed E-state index contributed by atoms with van der Waals surface area (Å²) >= 11 is 5.74. The van der Waals surface area contributed by atoms with Crippen LogP contribution in [0.1, 0.15) is 12.5 Å². The average molecular weight is 226 g/mol. The van der Waals surface area contributed by atoms with E-state index in [-0.39, 0.29) is 16.3 Å². The van der Waals surface area contributed by atoms with Crippen molar-refractivity contribution in [3.63, 3.8) is 0 Å². The molecule has 0 amide bonds. The van der Waals surface area contributed by atoms with Crippen molar-refractivity contribution in [3.8, 4) is 11.8 Å². The van der Waals surface area contributed by atoms with Gasteiger partial charge in [-0.25, -0.2) is 4.79 Å². The molecule has 78 valence electrons. The number of nitriles is 1. The van der Waals surface area contributed by atoms with Crippen LogP contribution in [0.15, 0.2) is 18.2 Å². The molecule has 1 aromatic rings. The number of aliphatic carboxylic acids is 1. The smallest absolute Gasteiger partial charge is 0.344 e. The number of carbonyl (C=O) groups is 1. The van der Waals surface area contributed by atoms with E-state index in [0.717, 1.165) is 0 Å². The predicted molar refractivity (Wildman–Crippen MR) is 53.9 cm³/mol. The van der Waals surface area contributed by atoms with Crippen molar-refractivity contribution >= 4 is 17.6 Å². The highest BCUT2D eigenvalue weighted by molar-refractivity contribution is 6.31. The van der Waals surface area contributed by atoms with Gasteiger partial charge >= 0.3 is 5.97 Å². The minimum Gasteiger partial charge on any atom is -0.479 e. The van der Waals surface area contributed by atoms with Crippen molar-refractivity contribution in [2.24, 2.45) is 0 Å². The van der Waals surface area contributed by atoms with Gasteiger partial charge in [-0.3, -0.25) is 0 Å². The molecular weight excluding hydrogens is 218 g/mol. The van der Waals surface area contributed by atoms with E-state index in [0.29, 0.717) is 0 Å². The number of halogens is 1. The molecule has 0 saturated heterocycles. The number of hydrogen-bond acceptors (Lipinski definition) is 3. The summed E-state index contributed by atoms with van der Waals surface area (Å²) in [6, 6.07) is 6.49. The molecule has 0 aliphatic carbocycles. The maximum absolute atomic E-state index is 10.5. The van der Waals surface area contributed by atoms with Crippen LogP contribution in [0.2, 0.25) is 5.02 Å². The van der Waals surface area contributed by atoms with Crippen molar-refractivity contribution in [1.82, 2.24) is 0 Å². The zero-order valence-corrected chi connectivity index (χ0v) is 8.65. The number of carboxylic acids is 1. The second kappa shape index (κ2) is 4.67. The lowest BCUT2D eigenvalue weighted by Crippen LogP contribution is -2.23. The van der Waals surface area contributed by atoms with Crippen LogP contribution in [-0.2, 0) is 4.79 Å². The van der Waals surface area contributed by atoms with Gasteiger partial charge in [-0.05, 0) is 19.1 Å². The van der Waals surface area contributed by atoms with Crippen LogP contribution in [-0.4, -0.2) is 17.2 Å². The fourth-order valence-corrected chi connectivity index (χ4v) is 1.16. The Hall–Kier alpha value is -1.73. The minimum atomic E-state index is -1.10. The maximum Gasteiger partial charge on any atom is 0.344 e. The Morgan fingerprint density at radius 2 is 2.33 bits per heavy atom. The lowest BCUT2D eigenvalue weighted by Gasteiger charge is -2.11. The summed E-state index contributed by atoms with van der Waals surface area (Å²) in [5.41, 5.74) is 0.146. The number of benzene rings is 1. The predicted octanol–water partition coefficient (Wildman–Crippen LogP) is 2.06. The van der Waals surface area contributed by atoms with E-state index >= 15 is 0 Å². The molecule has 1 atom stereocenters. The topological polar surface area (TPSA) is 70.3 Å². The molecule has 0 spiro atoms. The first-order valence-corrected chi connectivity index (χ1v) is 4.52. The Bertz CT molecular complexity index is 425. The van der Waals surface area contributed by atoms with E-state index in [1.165, 1.54) is 13.0 Å². The Morgan fingerprint density at radius 1 is 1.67 bits per heavy atom. The average Bonchev–Trinajstić information content (AvgIpc) is 2.18. The SMILES string of the molecule is C[C@@H](Oc1cccc(Cl)c1C#N)C(=O)O. The first kappa shape index (κ1) is 11.3. The molecule has 1 N–H and O–H groups in total. The highest BCUT2D eigenvalue weighted by Gasteiger charge is 2.15. The van der Waals surface area contributed by atoms with Gasteiger partial charge in [0.05, 0.1) is 5.02 Å². The molecule has 0 heterocycles. The van der Waals surface area contributed by atoms with E-state index in [1.807, 2.05) is 6.07 Å². The number of hydrogen-bond donors (Lipinski definition) is 1. The Balaban J connectivity index is 3.01. The Kier molecular flexibility index (Phi) is 3.53. The molecule has 15 heavy (non-hydrogen) atoms. The van der Waals surface area contributed by atoms with Gasteiger partial charge in [-0.2, -0.15) is 5.26 Å². The van der Waals surface area contributed by atoms with Crippen molar-refractivity contribution in [2.45, 2.75) is 13.0 Å². The Morgan fingerprint density at radius 3 is 2.87 bits per heavy atom. The molecule has 5 heteroatoms. The zero-order valence-electron chi connectivity index (χ0n) is 7.90. The molecule has 0 aromatic heterocycles. The fraction of sp³-hybridized carbons (Fsp3) is 0.200. The minimum absolute atomic E-state index is 0.146. The Labute approximate surface area is 91.7 Å². The molecule has 4 nitrogen and oxygen atoms in total. The molecule has 1 rings (SSSR count). The molecule has 0 aliphatic heterocycles. The zero-order chi connectivity index (χ0) is 11.4. The molecule has 0 bridgehead atoms. The number of nitrogens with zero attached hydrogens (tertiary/aromatic N) is 1. The quantitative estimate of drug-likeness (QED) is 0.855. The summed E-state index contributed by atoms with van der Waals surface area (Å²) < 4.78 is 5.07. The lowest BCUT2D eigenvalue weighted by molar-refractivity contribution is -0.144. The number of rotatable bonds is 3. The van der Waals surface area contributed by atoms with Gasteiger partial charge in [-0.1, -0.05) is 17.7 Å². The third-order valence-corrected chi connectivity index (χ3v) is 2.05. The van der Waals surface area contributed by atoms with Gasteiger partial charge < -0.3 is 9.84 Å². The van der Waals surface area contributed by atoms with E-state index < -0.39 is 12.1 Å². The molecule has 0 aliphatic rings. The number of ether oxygens (including phenoxy) is 1. The molecule has 0 saturated carbocycles. The van der Waals surface area contributed by atoms with Crippen molar-refractivity contribution in [2.75, 3.05) is 0 Å². The van der Waals surface area contributed by atoms with Gasteiger partial charge in [0.25, 0.3) is 0 Å². The van der Waals surface area contributed by atoms with Gasteiger partial charge in [0.2, 0.25) is 0 Å². The second-order valence-corrected chi connectivity index (χ2v) is 3.23. The van der Waals surface area contributed by atoms with Crippen LogP contribution in [0.3, 0.4) is 0 Å². The molecular formula is C10H8ClNO3. The highest BCUT2D eigenvalue weighted by atomic mass is 35.5. The summed E-state index contributed by atoms with van der Waals surface area (Å²) in [6.45, 7) is 1.38. The van der Waals surface area contributed by atoms with E-state index in [1.54, 1.807) is 12.1 Å². The maximum atomic E-state index is 10.5. The van der Waals surface area contributed by atoms with Crippen LogP contribution in [0.5, 0.6) is 5.75 Å². The normalized spacial score (nSPS) is 11.5. The van der Waals surface area contributed by atoms with E-state index in [9.17, 15) is 4.79 Å². The van der Waals surface area contributed by atoms with Crippen LogP contribution in [0.25, 0.3) is 0 Å². The molecule has 0 fully saturated rings. The largest absolute Gasteiger partial charge is 0.479 e. The summed E-state index contributed by atoms with van der Waals surface area (Å²) in [4.78, 5) is 10.5. The summed E-state index contributed by atoms with van der Waals surface area (Å²) in [6.07, 6.45) is -1.02. The molecule has 0 unspecified atom stereocenters. The standard InChI is InChI=1S/C10H8ClNO3/c1-6(10(13)14)15-9-4-2-3-8(11)7(9)5-12/h2-4,6H,1H3,(H,13,14)/t6-/m1/s1. The monoisotopic (exact) mass is 225 g/mol.